The third-order valence-electron chi connectivity index (χ3n) is 2.56. The standard InChI is InChI=1S/C11H15N3OS/c1-8-10(6-12)11(16-14-8)13-4-5-15-7-9-2-3-9/h9,13H,2-5,7H2,1H3. The minimum Gasteiger partial charge on any atom is -0.379 e. The Labute approximate surface area is 99.4 Å². The molecule has 16 heavy (non-hydrogen) atoms. The molecule has 0 atom stereocenters. The first-order valence-corrected chi connectivity index (χ1v) is 6.26. The van der Waals surface area contributed by atoms with Gasteiger partial charge in [0, 0.05) is 13.2 Å². The second kappa shape index (κ2) is 5.28. The van der Waals surface area contributed by atoms with E-state index >= 15 is 0 Å². The fourth-order valence-corrected chi connectivity index (χ4v) is 2.16. The highest BCUT2D eigenvalue weighted by atomic mass is 32.1. The lowest BCUT2D eigenvalue weighted by Crippen LogP contribution is -2.10. The number of hydrogen-bond donors (Lipinski definition) is 1. The molecule has 0 radical (unpaired) electrons. The van der Waals surface area contributed by atoms with Gasteiger partial charge in [-0.15, -0.1) is 0 Å². The Morgan fingerprint density at radius 3 is 3.12 bits per heavy atom. The fourth-order valence-electron chi connectivity index (χ4n) is 1.39. The third kappa shape index (κ3) is 2.94. The van der Waals surface area contributed by atoms with Crippen molar-refractivity contribution in [1.29, 1.82) is 5.26 Å². The summed E-state index contributed by atoms with van der Waals surface area (Å²) in [6, 6.07) is 2.16. The Morgan fingerprint density at radius 2 is 2.44 bits per heavy atom. The molecule has 0 amide bonds. The minimum atomic E-state index is 0.659. The Bertz CT molecular complexity index is 392. The molecule has 86 valence electrons. The number of anilines is 1. The second-order valence-electron chi connectivity index (χ2n) is 4.03. The van der Waals surface area contributed by atoms with Gasteiger partial charge in [0.05, 0.1) is 12.3 Å². The molecule has 0 bridgehead atoms. The molecule has 1 saturated carbocycles. The Morgan fingerprint density at radius 1 is 1.62 bits per heavy atom. The molecule has 2 rings (SSSR count). The Kier molecular flexibility index (Phi) is 3.75. The van der Waals surface area contributed by atoms with Crippen LogP contribution >= 0.6 is 11.5 Å². The predicted octanol–water partition coefficient (Wildman–Crippen LogP) is 2.16. The number of aromatic nitrogens is 1. The maximum absolute atomic E-state index is 8.92. The van der Waals surface area contributed by atoms with Gasteiger partial charge in [0.1, 0.15) is 16.6 Å². The smallest absolute Gasteiger partial charge is 0.127 e. The van der Waals surface area contributed by atoms with Crippen molar-refractivity contribution < 1.29 is 4.74 Å². The van der Waals surface area contributed by atoms with Gasteiger partial charge in [-0.1, -0.05) is 0 Å². The van der Waals surface area contributed by atoms with Gasteiger partial charge in [0.25, 0.3) is 0 Å². The summed E-state index contributed by atoms with van der Waals surface area (Å²) >= 11 is 1.34. The number of nitriles is 1. The molecule has 1 aromatic rings. The van der Waals surface area contributed by atoms with E-state index in [0.717, 1.165) is 29.8 Å². The van der Waals surface area contributed by atoms with Crippen molar-refractivity contribution in [1.82, 2.24) is 4.37 Å². The zero-order valence-electron chi connectivity index (χ0n) is 9.32. The summed E-state index contributed by atoms with van der Waals surface area (Å²) < 4.78 is 9.64. The van der Waals surface area contributed by atoms with Crippen LogP contribution in [0.1, 0.15) is 24.1 Å². The first-order chi connectivity index (χ1) is 7.81. The van der Waals surface area contributed by atoms with Crippen LogP contribution in [-0.4, -0.2) is 24.1 Å². The van der Waals surface area contributed by atoms with E-state index in [0.29, 0.717) is 12.2 Å². The maximum atomic E-state index is 8.92. The lowest BCUT2D eigenvalue weighted by Gasteiger charge is -2.04. The van der Waals surface area contributed by atoms with E-state index in [1.165, 1.54) is 24.4 Å². The summed E-state index contributed by atoms with van der Waals surface area (Å²) in [7, 11) is 0. The van der Waals surface area contributed by atoms with Crippen LogP contribution in [0.2, 0.25) is 0 Å². The van der Waals surface area contributed by atoms with Gasteiger partial charge in [-0.05, 0) is 37.2 Å². The average Bonchev–Trinajstić information content (AvgIpc) is 3.03. The van der Waals surface area contributed by atoms with Crippen LogP contribution in [0, 0.1) is 24.2 Å². The SMILES string of the molecule is Cc1nsc(NCCOCC2CC2)c1C#N. The Hall–Kier alpha value is -1.12. The van der Waals surface area contributed by atoms with E-state index in [-0.39, 0.29) is 0 Å². The van der Waals surface area contributed by atoms with Crippen LogP contribution in [0.4, 0.5) is 5.00 Å². The van der Waals surface area contributed by atoms with Crippen molar-refractivity contribution >= 4 is 16.5 Å². The molecular weight excluding hydrogens is 222 g/mol. The number of aryl methyl sites for hydroxylation is 1. The molecule has 1 fully saturated rings. The van der Waals surface area contributed by atoms with Crippen LogP contribution in [-0.2, 0) is 4.74 Å². The second-order valence-corrected chi connectivity index (χ2v) is 4.80. The maximum Gasteiger partial charge on any atom is 0.127 e. The molecule has 1 heterocycles. The quantitative estimate of drug-likeness (QED) is 0.770. The van der Waals surface area contributed by atoms with E-state index < -0.39 is 0 Å². The number of hydrogen-bond acceptors (Lipinski definition) is 5. The topological polar surface area (TPSA) is 57.9 Å². The highest BCUT2D eigenvalue weighted by Crippen LogP contribution is 2.28. The summed E-state index contributed by atoms with van der Waals surface area (Å²) in [6.07, 6.45) is 2.64. The highest BCUT2D eigenvalue weighted by molar-refractivity contribution is 7.10. The average molecular weight is 237 g/mol. The van der Waals surface area contributed by atoms with Crippen molar-refractivity contribution in [3.63, 3.8) is 0 Å². The largest absolute Gasteiger partial charge is 0.379 e. The number of nitrogens with zero attached hydrogens (tertiary/aromatic N) is 2. The molecule has 1 aliphatic rings. The van der Waals surface area contributed by atoms with E-state index in [1.807, 2.05) is 6.92 Å². The molecular formula is C11H15N3OS. The molecule has 0 aliphatic heterocycles. The Balaban J connectivity index is 1.69. The van der Waals surface area contributed by atoms with E-state index in [1.54, 1.807) is 0 Å². The van der Waals surface area contributed by atoms with Crippen LogP contribution < -0.4 is 5.32 Å². The molecule has 0 aromatic carbocycles. The lowest BCUT2D eigenvalue weighted by molar-refractivity contribution is 0.134. The summed E-state index contributed by atoms with van der Waals surface area (Å²) in [5.41, 5.74) is 1.46. The molecule has 1 aliphatic carbocycles. The number of nitrogens with one attached hydrogen (secondary N) is 1. The minimum absolute atomic E-state index is 0.659. The van der Waals surface area contributed by atoms with Gasteiger partial charge >= 0.3 is 0 Å². The van der Waals surface area contributed by atoms with Crippen LogP contribution in [0.5, 0.6) is 0 Å². The van der Waals surface area contributed by atoms with Gasteiger partial charge in [-0.2, -0.15) is 9.64 Å². The molecule has 0 spiro atoms. The van der Waals surface area contributed by atoms with Crippen molar-refractivity contribution in [3.05, 3.63) is 11.3 Å². The van der Waals surface area contributed by atoms with E-state index in [9.17, 15) is 0 Å². The van der Waals surface area contributed by atoms with Crippen LogP contribution in [0.3, 0.4) is 0 Å². The van der Waals surface area contributed by atoms with Crippen molar-refractivity contribution in [2.24, 2.45) is 5.92 Å². The number of ether oxygens (including phenoxy) is 1. The summed E-state index contributed by atoms with van der Waals surface area (Å²) in [5, 5.41) is 13.0. The van der Waals surface area contributed by atoms with Gasteiger partial charge in [0.15, 0.2) is 0 Å². The molecule has 1 aromatic heterocycles. The first kappa shape index (κ1) is 11.4. The summed E-state index contributed by atoms with van der Waals surface area (Å²) in [5.74, 6) is 0.806. The number of rotatable bonds is 6. The predicted molar refractivity (Wildman–Crippen MR) is 63.6 cm³/mol. The zero-order chi connectivity index (χ0) is 11.4. The normalized spacial score (nSPS) is 14.8. The van der Waals surface area contributed by atoms with Crippen LogP contribution in [0.15, 0.2) is 0 Å². The van der Waals surface area contributed by atoms with Gasteiger partial charge < -0.3 is 10.1 Å². The zero-order valence-corrected chi connectivity index (χ0v) is 10.1. The van der Waals surface area contributed by atoms with Gasteiger partial charge in [-0.3, -0.25) is 0 Å². The van der Waals surface area contributed by atoms with Gasteiger partial charge in [-0.25, -0.2) is 0 Å². The monoisotopic (exact) mass is 237 g/mol. The summed E-state index contributed by atoms with van der Waals surface area (Å²) in [4.78, 5) is 0. The van der Waals surface area contributed by atoms with E-state index in [2.05, 4.69) is 15.8 Å². The fraction of sp³-hybridized carbons (Fsp3) is 0.636. The van der Waals surface area contributed by atoms with Crippen molar-refractivity contribution in [3.8, 4) is 6.07 Å². The van der Waals surface area contributed by atoms with Crippen LogP contribution in [0.25, 0.3) is 0 Å². The first-order valence-electron chi connectivity index (χ1n) is 5.49. The highest BCUT2D eigenvalue weighted by Gasteiger charge is 2.20. The van der Waals surface area contributed by atoms with Gasteiger partial charge in [0.2, 0.25) is 0 Å². The molecule has 0 saturated heterocycles. The molecule has 0 unspecified atom stereocenters. The van der Waals surface area contributed by atoms with Crippen molar-refractivity contribution in [2.45, 2.75) is 19.8 Å². The summed E-state index contributed by atoms with van der Waals surface area (Å²) in [6.45, 7) is 4.17. The lowest BCUT2D eigenvalue weighted by atomic mass is 10.3. The van der Waals surface area contributed by atoms with E-state index in [4.69, 9.17) is 10.00 Å². The third-order valence-corrected chi connectivity index (χ3v) is 3.45. The molecule has 4 nitrogen and oxygen atoms in total. The molecule has 5 heteroatoms. The van der Waals surface area contributed by atoms with Crippen molar-refractivity contribution in [2.75, 3.05) is 25.1 Å². The molecule has 1 N–H and O–H groups in total.